The molecule has 3 aromatic carbocycles. The van der Waals surface area contributed by atoms with Crippen LogP contribution in [0.3, 0.4) is 0 Å². The molecule has 1 heterocycles. The predicted octanol–water partition coefficient (Wildman–Crippen LogP) is 4.87. The number of aliphatic carboxylic acids is 1. The Morgan fingerprint density at radius 2 is 1.67 bits per heavy atom. The monoisotopic (exact) mass is 445 g/mol. The van der Waals surface area contributed by atoms with Crippen molar-refractivity contribution in [1.82, 2.24) is 9.88 Å². The van der Waals surface area contributed by atoms with E-state index in [1.54, 1.807) is 30.3 Å². The lowest BCUT2D eigenvalue weighted by Crippen LogP contribution is -2.10. The first-order valence-corrected chi connectivity index (χ1v) is 10.4. The molecule has 0 aliphatic heterocycles. The maximum atomic E-state index is 13.7. The van der Waals surface area contributed by atoms with Gasteiger partial charge in [0.2, 0.25) is 0 Å². The minimum absolute atomic E-state index is 0.0856. The van der Waals surface area contributed by atoms with Crippen LogP contribution in [-0.4, -0.2) is 45.9 Å². The van der Waals surface area contributed by atoms with E-state index >= 15 is 0 Å². The number of aromatic amines is 1. The topological polar surface area (TPSA) is 88.9 Å². The van der Waals surface area contributed by atoms with Crippen molar-refractivity contribution in [2.45, 2.75) is 13.0 Å². The van der Waals surface area contributed by atoms with Crippen LogP contribution in [0.1, 0.15) is 22.3 Å². The van der Waals surface area contributed by atoms with Crippen molar-refractivity contribution >= 4 is 28.3 Å². The number of hydrogen-bond donors (Lipinski definition) is 3. The molecule has 0 aliphatic rings. The summed E-state index contributed by atoms with van der Waals surface area (Å²) in [5.41, 5.74) is 4.59. The molecular weight excluding hydrogens is 421 g/mol. The third kappa shape index (κ3) is 5.10. The highest BCUT2D eigenvalue weighted by molar-refractivity contribution is 6.21. The number of aromatic hydroxyl groups is 1. The van der Waals surface area contributed by atoms with Crippen molar-refractivity contribution in [3.8, 4) is 5.88 Å². The van der Waals surface area contributed by atoms with Crippen LogP contribution >= 0.6 is 0 Å². The van der Waals surface area contributed by atoms with Crippen molar-refractivity contribution in [3.05, 3.63) is 94.8 Å². The van der Waals surface area contributed by atoms with E-state index in [-0.39, 0.29) is 12.3 Å². The summed E-state index contributed by atoms with van der Waals surface area (Å²) in [6.45, 7) is 0.802. The van der Waals surface area contributed by atoms with E-state index in [1.807, 2.05) is 38.4 Å². The molecule has 4 rings (SSSR count). The molecule has 0 amide bonds. The average Bonchev–Trinajstić information content (AvgIpc) is 3.07. The molecule has 0 bridgehead atoms. The van der Waals surface area contributed by atoms with E-state index in [4.69, 9.17) is 10.1 Å². The molecule has 4 aromatic rings. The second kappa shape index (κ2) is 9.26. The molecule has 7 heteroatoms. The lowest BCUT2D eigenvalue weighted by atomic mass is 9.99. The van der Waals surface area contributed by atoms with Crippen molar-refractivity contribution in [3.63, 3.8) is 0 Å². The molecule has 0 radical (unpaired) electrons. The van der Waals surface area contributed by atoms with Gasteiger partial charge in [-0.25, -0.2) is 9.38 Å². The SMILES string of the molecule is CN(C)Cc1ccc(N=C(c2ccc(CC(=O)O)cc2)c2c(O)[nH]c3cc(F)ccc23)cc1. The summed E-state index contributed by atoms with van der Waals surface area (Å²) in [6.07, 6.45) is -0.0856. The largest absolute Gasteiger partial charge is 0.494 e. The maximum absolute atomic E-state index is 13.7. The van der Waals surface area contributed by atoms with Crippen LogP contribution in [0, 0.1) is 5.82 Å². The van der Waals surface area contributed by atoms with Crippen molar-refractivity contribution in [2.24, 2.45) is 4.99 Å². The molecule has 0 fully saturated rings. The number of hydrogen-bond acceptors (Lipinski definition) is 4. The van der Waals surface area contributed by atoms with Crippen molar-refractivity contribution in [2.75, 3.05) is 14.1 Å². The number of nitrogens with zero attached hydrogens (tertiary/aromatic N) is 2. The molecule has 0 aliphatic carbocycles. The molecule has 0 saturated heterocycles. The van der Waals surface area contributed by atoms with Crippen LogP contribution in [0.5, 0.6) is 5.88 Å². The number of carbonyl (C=O) groups is 1. The number of nitrogens with one attached hydrogen (secondary N) is 1. The minimum atomic E-state index is -0.911. The molecule has 1 aromatic heterocycles. The van der Waals surface area contributed by atoms with Gasteiger partial charge in [0.05, 0.1) is 28.9 Å². The first-order valence-electron chi connectivity index (χ1n) is 10.4. The minimum Gasteiger partial charge on any atom is -0.494 e. The highest BCUT2D eigenvalue weighted by Crippen LogP contribution is 2.32. The predicted molar refractivity (Wildman–Crippen MR) is 127 cm³/mol. The number of fused-ring (bicyclic) bond motifs is 1. The van der Waals surface area contributed by atoms with Crippen molar-refractivity contribution in [1.29, 1.82) is 0 Å². The average molecular weight is 445 g/mol. The van der Waals surface area contributed by atoms with Gasteiger partial charge in [-0.05, 0) is 55.6 Å². The zero-order valence-electron chi connectivity index (χ0n) is 18.3. The quantitative estimate of drug-likeness (QED) is 0.354. The molecule has 0 spiro atoms. The van der Waals surface area contributed by atoms with Crippen LogP contribution in [0.2, 0.25) is 0 Å². The molecule has 6 nitrogen and oxygen atoms in total. The van der Waals surface area contributed by atoms with E-state index in [2.05, 4.69) is 9.88 Å². The third-order valence-electron chi connectivity index (χ3n) is 5.24. The number of halogens is 1. The highest BCUT2D eigenvalue weighted by atomic mass is 19.1. The van der Waals surface area contributed by atoms with Crippen LogP contribution in [0.25, 0.3) is 10.9 Å². The fourth-order valence-corrected chi connectivity index (χ4v) is 3.79. The first-order chi connectivity index (χ1) is 15.8. The molecule has 3 N–H and O–H groups in total. The Hall–Kier alpha value is -3.97. The summed E-state index contributed by atoms with van der Waals surface area (Å²) in [5.74, 6) is -1.44. The fourth-order valence-electron chi connectivity index (χ4n) is 3.79. The summed E-state index contributed by atoms with van der Waals surface area (Å²) >= 11 is 0. The molecule has 0 atom stereocenters. The Bertz CT molecular complexity index is 1320. The second-order valence-corrected chi connectivity index (χ2v) is 8.17. The van der Waals surface area contributed by atoms with Gasteiger partial charge >= 0.3 is 5.97 Å². The van der Waals surface area contributed by atoms with Crippen LogP contribution in [0.15, 0.2) is 71.7 Å². The number of carboxylic acid groups (broad SMARTS) is 1. The lowest BCUT2D eigenvalue weighted by molar-refractivity contribution is -0.136. The summed E-state index contributed by atoms with van der Waals surface area (Å²) in [5, 5.41) is 20.4. The highest BCUT2D eigenvalue weighted by Gasteiger charge is 2.19. The van der Waals surface area contributed by atoms with E-state index in [0.717, 1.165) is 12.1 Å². The van der Waals surface area contributed by atoms with Gasteiger partial charge in [0.1, 0.15) is 5.82 Å². The smallest absolute Gasteiger partial charge is 0.307 e. The van der Waals surface area contributed by atoms with E-state index in [1.165, 1.54) is 12.1 Å². The third-order valence-corrected chi connectivity index (χ3v) is 5.24. The second-order valence-electron chi connectivity index (χ2n) is 8.17. The Labute approximate surface area is 190 Å². The number of rotatable bonds is 7. The van der Waals surface area contributed by atoms with Crippen LogP contribution in [0.4, 0.5) is 10.1 Å². The van der Waals surface area contributed by atoms with Crippen LogP contribution in [-0.2, 0) is 17.8 Å². The van der Waals surface area contributed by atoms with E-state index < -0.39 is 11.8 Å². The molecule has 168 valence electrons. The number of carboxylic acids is 1. The number of aliphatic imine (C=N–C) groups is 1. The van der Waals surface area contributed by atoms with Gasteiger partial charge in [-0.15, -0.1) is 0 Å². The van der Waals surface area contributed by atoms with E-state index in [9.17, 15) is 14.3 Å². The summed E-state index contributed by atoms with van der Waals surface area (Å²) in [6, 6.07) is 19.1. The van der Waals surface area contributed by atoms with Gasteiger partial charge in [-0.1, -0.05) is 36.4 Å². The zero-order valence-corrected chi connectivity index (χ0v) is 18.3. The summed E-state index contributed by atoms with van der Waals surface area (Å²) < 4.78 is 13.7. The van der Waals surface area contributed by atoms with Gasteiger partial charge in [0, 0.05) is 17.5 Å². The number of benzene rings is 3. The van der Waals surface area contributed by atoms with Crippen molar-refractivity contribution < 1.29 is 19.4 Å². The van der Waals surface area contributed by atoms with Crippen LogP contribution < -0.4 is 0 Å². The zero-order chi connectivity index (χ0) is 23.5. The standard InChI is InChI=1S/C26H24FN3O3/c1-30(2)15-17-5-10-20(11-6-17)28-25(18-7-3-16(4-8-18)13-23(31)32)24-21-12-9-19(27)14-22(21)29-26(24)33/h3-12,14,29,33H,13,15H2,1-2H3,(H,31,32). The number of H-pyrrole nitrogens is 1. The fraction of sp³-hybridized carbons (Fsp3) is 0.154. The van der Waals surface area contributed by atoms with Gasteiger partial charge in [-0.2, -0.15) is 0 Å². The molecule has 0 unspecified atom stereocenters. The van der Waals surface area contributed by atoms with Gasteiger partial charge in [-0.3, -0.25) is 4.79 Å². The first kappa shape index (κ1) is 22.2. The molecular formula is C26H24FN3O3. The van der Waals surface area contributed by atoms with Gasteiger partial charge in [0.25, 0.3) is 0 Å². The van der Waals surface area contributed by atoms with Gasteiger partial charge in [0.15, 0.2) is 5.88 Å². The maximum Gasteiger partial charge on any atom is 0.307 e. The molecule has 0 saturated carbocycles. The summed E-state index contributed by atoms with van der Waals surface area (Å²) in [7, 11) is 4.00. The van der Waals surface area contributed by atoms with E-state index in [0.29, 0.717) is 39.0 Å². The Morgan fingerprint density at radius 1 is 1.00 bits per heavy atom. The lowest BCUT2D eigenvalue weighted by Gasteiger charge is -2.11. The molecule has 33 heavy (non-hydrogen) atoms. The summed E-state index contributed by atoms with van der Waals surface area (Å²) in [4.78, 5) is 20.8. The Balaban J connectivity index is 1.84. The van der Waals surface area contributed by atoms with Gasteiger partial charge < -0.3 is 20.1 Å². The Morgan fingerprint density at radius 3 is 2.30 bits per heavy atom. The Kier molecular flexibility index (Phi) is 6.24. The normalized spacial score (nSPS) is 11.9. The number of aromatic nitrogens is 1.